The number of hydrogen-bond donors (Lipinski definition) is 1. The number of nitrogens with zero attached hydrogens (tertiary/aromatic N) is 2. The molecule has 0 unspecified atom stereocenters. The molecule has 1 aromatic carbocycles. The average Bonchev–Trinajstić information content (AvgIpc) is 3.03. The summed E-state index contributed by atoms with van der Waals surface area (Å²) in [6.45, 7) is 0.744. The van der Waals surface area contributed by atoms with E-state index in [2.05, 4.69) is 34.4 Å². The van der Waals surface area contributed by atoms with Crippen LogP contribution in [0.2, 0.25) is 0 Å². The lowest BCUT2D eigenvalue weighted by Crippen LogP contribution is -2.14. The average molecular weight is 304 g/mol. The van der Waals surface area contributed by atoms with E-state index in [9.17, 15) is 0 Å². The smallest absolute Gasteiger partial charge is 0.0815 e. The highest BCUT2D eigenvalue weighted by Gasteiger charge is 2.15. The van der Waals surface area contributed by atoms with Gasteiger partial charge in [-0.1, -0.05) is 37.5 Å². The van der Waals surface area contributed by atoms with E-state index in [0.717, 1.165) is 23.5 Å². The van der Waals surface area contributed by atoms with Crippen LogP contribution in [-0.2, 0) is 12.4 Å². The molecular weight excluding hydrogens is 282 g/mol. The maximum Gasteiger partial charge on any atom is 0.0815 e. The number of alkyl halides is 1. The standard InChI is InChI=1S/C17H22ClN3/c18-12-14-6-4-5-9-17(14)19-13-15-10-11-21(20-15)16-7-2-1-3-8-16/h4-6,9-11,16,19H,1-3,7-8,12-13H2. The molecule has 3 nitrogen and oxygen atoms in total. The quantitative estimate of drug-likeness (QED) is 0.809. The number of benzene rings is 1. The van der Waals surface area contributed by atoms with Gasteiger partial charge in [0.05, 0.1) is 18.3 Å². The molecule has 0 amide bonds. The summed E-state index contributed by atoms with van der Waals surface area (Å²) in [5, 5.41) is 8.16. The number of anilines is 1. The van der Waals surface area contributed by atoms with Gasteiger partial charge in [-0.2, -0.15) is 5.10 Å². The first-order valence-corrected chi connectivity index (χ1v) is 8.32. The fourth-order valence-electron chi connectivity index (χ4n) is 3.02. The SMILES string of the molecule is ClCc1ccccc1NCc1ccn(C2CCCCC2)n1. The Labute approximate surface area is 131 Å². The molecule has 1 N–H and O–H groups in total. The van der Waals surface area contributed by atoms with Crippen molar-refractivity contribution in [2.45, 2.75) is 50.6 Å². The summed E-state index contributed by atoms with van der Waals surface area (Å²) >= 11 is 5.96. The largest absolute Gasteiger partial charge is 0.379 e. The minimum absolute atomic E-state index is 0.527. The second-order valence-corrected chi connectivity index (χ2v) is 5.99. The van der Waals surface area contributed by atoms with Crippen molar-refractivity contribution < 1.29 is 0 Å². The van der Waals surface area contributed by atoms with Crippen molar-refractivity contribution in [3.8, 4) is 0 Å². The van der Waals surface area contributed by atoms with Crippen LogP contribution >= 0.6 is 11.6 Å². The van der Waals surface area contributed by atoms with Crippen LogP contribution in [0.4, 0.5) is 5.69 Å². The number of hydrogen-bond acceptors (Lipinski definition) is 2. The van der Waals surface area contributed by atoms with E-state index < -0.39 is 0 Å². The lowest BCUT2D eigenvalue weighted by atomic mass is 9.96. The maximum absolute atomic E-state index is 5.96. The number of halogens is 1. The van der Waals surface area contributed by atoms with Gasteiger partial charge >= 0.3 is 0 Å². The Hall–Kier alpha value is -1.48. The minimum atomic E-state index is 0.527. The Morgan fingerprint density at radius 1 is 1.14 bits per heavy atom. The third-order valence-corrected chi connectivity index (χ3v) is 4.52. The van der Waals surface area contributed by atoms with Gasteiger partial charge in [0.15, 0.2) is 0 Å². The lowest BCUT2D eigenvalue weighted by molar-refractivity contribution is 0.328. The topological polar surface area (TPSA) is 29.9 Å². The van der Waals surface area contributed by atoms with E-state index in [1.165, 1.54) is 32.1 Å². The third-order valence-electron chi connectivity index (χ3n) is 4.23. The number of nitrogens with one attached hydrogen (secondary N) is 1. The predicted molar refractivity (Wildman–Crippen MR) is 87.7 cm³/mol. The van der Waals surface area contributed by atoms with E-state index in [0.29, 0.717) is 11.9 Å². The van der Waals surface area contributed by atoms with Crippen molar-refractivity contribution in [2.75, 3.05) is 5.32 Å². The molecular formula is C17H22ClN3. The first-order chi connectivity index (χ1) is 10.4. The minimum Gasteiger partial charge on any atom is -0.379 e. The van der Waals surface area contributed by atoms with Gasteiger partial charge in [-0.25, -0.2) is 0 Å². The fourth-order valence-corrected chi connectivity index (χ4v) is 3.25. The van der Waals surface area contributed by atoms with Gasteiger partial charge in [0.1, 0.15) is 0 Å². The van der Waals surface area contributed by atoms with Crippen molar-refractivity contribution in [1.29, 1.82) is 0 Å². The molecule has 1 aliphatic rings. The Balaban J connectivity index is 1.62. The summed E-state index contributed by atoms with van der Waals surface area (Å²) in [5.74, 6) is 0.527. The van der Waals surface area contributed by atoms with Crippen molar-refractivity contribution in [1.82, 2.24) is 9.78 Å². The fraction of sp³-hybridized carbons (Fsp3) is 0.471. The van der Waals surface area contributed by atoms with Crippen LogP contribution in [-0.4, -0.2) is 9.78 Å². The van der Waals surface area contributed by atoms with E-state index in [1.54, 1.807) is 0 Å². The van der Waals surface area contributed by atoms with Crippen LogP contribution in [0.1, 0.15) is 49.4 Å². The summed E-state index contributed by atoms with van der Waals surface area (Å²) in [6, 6.07) is 10.9. The summed E-state index contributed by atoms with van der Waals surface area (Å²) in [7, 11) is 0. The van der Waals surface area contributed by atoms with Crippen LogP contribution in [0.3, 0.4) is 0 Å². The van der Waals surface area contributed by atoms with Crippen molar-refractivity contribution in [2.24, 2.45) is 0 Å². The highest BCUT2D eigenvalue weighted by atomic mass is 35.5. The van der Waals surface area contributed by atoms with Crippen LogP contribution in [0.5, 0.6) is 0 Å². The first-order valence-electron chi connectivity index (χ1n) is 7.78. The van der Waals surface area contributed by atoms with Gasteiger partial charge in [-0.3, -0.25) is 4.68 Å². The van der Waals surface area contributed by atoms with Crippen LogP contribution < -0.4 is 5.32 Å². The Morgan fingerprint density at radius 2 is 1.95 bits per heavy atom. The molecule has 1 fully saturated rings. The second kappa shape index (κ2) is 6.99. The molecule has 0 bridgehead atoms. The molecule has 0 aliphatic heterocycles. The Bertz CT molecular complexity index is 573. The highest BCUT2D eigenvalue weighted by molar-refractivity contribution is 6.17. The molecule has 2 aromatic rings. The van der Waals surface area contributed by atoms with Gasteiger partial charge in [-0.15, -0.1) is 11.6 Å². The molecule has 4 heteroatoms. The van der Waals surface area contributed by atoms with Crippen molar-refractivity contribution in [3.05, 3.63) is 47.8 Å². The molecule has 1 saturated carbocycles. The van der Waals surface area contributed by atoms with E-state index in [1.807, 2.05) is 12.1 Å². The lowest BCUT2D eigenvalue weighted by Gasteiger charge is -2.21. The maximum atomic E-state index is 5.96. The third kappa shape index (κ3) is 3.59. The van der Waals surface area contributed by atoms with Gasteiger partial charge in [0.2, 0.25) is 0 Å². The van der Waals surface area contributed by atoms with E-state index >= 15 is 0 Å². The van der Waals surface area contributed by atoms with Gasteiger partial charge in [0, 0.05) is 17.8 Å². The van der Waals surface area contributed by atoms with Crippen LogP contribution in [0, 0.1) is 0 Å². The zero-order chi connectivity index (χ0) is 14.5. The van der Waals surface area contributed by atoms with Gasteiger partial charge < -0.3 is 5.32 Å². The molecule has 0 saturated heterocycles. The molecule has 0 spiro atoms. The number of rotatable bonds is 5. The van der Waals surface area contributed by atoms with Crippen LogP contribution in [0.15, 0.2) is 36.5 Å². The highest BCUT2D eigenvalue weighted by Crippen LogP contribution is 2.27. The molecule has 3 rings (SSSR count). The molecule has 1 aliphatic carbocycles. The molecule has 21 heavy (non-hydrogen) atoms. The Kier molecular flexibility index (Phi) is 4.81. The van der Waals surface area contributed by atoms with Crippen LogP contribution in [0.25, 0.3) is 0 Å². The molecule has 1 aromatic heterocycles. The predicted octanol–water partition coefficient (Wildman–Crippen LogP) is 4.74. The first kappa shape index (κ1) is 14.5. The van der Waals surface area contributed by atoms with Gasteiger partial charge in [-0.05, 0) is 30.5 Å². The summed E-state index contributed by atoms with van der Waals surface area (Å²) in [6.07, 6.45) is 8.71. The van der Waals surface area contributed by atoms with Gasteiger partial charge in [0.25, 0.3) is 0 Å². The molecule has 0 atom stereocenters. The normalized spacial score (nSPS) is 16.0. The van der Waals surface area contributed by atoms with Crippen molar-refractivity contribution >= 4 is 17.3 Å². The number of para-hydroxylation sites is 1. The summed E-state index contributed by atoms with van der Waals surface area (Å²) < 4.78 is 2.16. The zero-order valence-electron chi connectivity index (χ0n) is 12.3. The Morgan fingerprint density at radius 3 is 2.76 bits per heavy atom. The van der Waals surface area contributed by atoms with E-state index in [4.69, 9.17) is 16.7 Å². The zero-order valence-corrected chi connectivity index (χ0v) is 13.0. The molecule has 1 heterocycles. The molecule has 0 radical (unpaired) electrons. The summed E-state index contributed by atoms with van der Waals surface area (Å²) in [4.78, 5) is 0. The van der Waals surface area contributed by atoms with E-state index in [-0.39, 0.29) is 0 Å². The monoisotopic (exact) mass is 303 g/mol. The second-order valence-electron chi connectivity index (χ2n) is 5.72. The van der Waals surface area contributed by atoms with Crippen molar-refractivity contribution in [3.63, 3.8) is 0 Å². The number of aromatic nitrogens is 2. The summed E-state index contributed by atoms with van der Waals surface area (Å²) in [5.41, 5.74) is 3.32. The molecule has 112 valence electrons.